The molecule has 0 radical (unpaired) electrons. The molecule has 1 aromatic heterocycles. The van der Waals surface area contributed by atoms with Gasteiger partial charge in [-0.15, -0.1) is 0 Å². The smallest absolute Gasteiger partial charge is 0.410 e. The zero-order chi connectivity index (χ0) is 19.4. The Balaban J connectivity index is 1.64. The van der Waals surface area contributed by atoms with Gasteiger partial charge in [-0.25, -0.2) is 9.78 Å². The molecule has 2 heterocycles. The minimum Gasteiger partial charge on any atom is -0.481 e. The first-order valence-electron chi connectivity index (χ1n) is 10.1. The quantitative estimate of drug-likeness (QED) is 0.849. The molecule has 0 aromatic carbocycles. The molecule has 6 heteroatoms. The SMILES string of the molecule is COc1ncccc1CN[C@@H]1CCC[C@H]1[C@@H]1CCCN1C(=O)OC(C)(C)C. The molecule has 150 valence electrons. The summed E-state index contributed by atoms with van der Waals surface area (Å²) in [6, 6.07) is 4.66. The normalized spacial score (nSPS) is 25.6. The number of amides is 1. The predicted molar refractivity (Wildman–Crippen MR) is 105 cm³/mol. The van der Waals surface area contributed by atoms with E-state index in [2.05, 4.69) is 10.3 Å². The van der Waals surface area contributed by atoms with Crippen LogP contribution in [-0.4, -0.2) is 47.3 Å². The van der Waals surface area contributed by atoms with Gasteiger partial charge in [0.15, 0.2) is 0 Å². The third-order valence-electron chi connectivity index (χ3n) is 5.59. The predicted octanol–water partition coefficient (Wildman–Crippen LogP) is 3.75. The lowest BCUT2D eigenvalue weighted by Gasteiger charge is -2.34. The van der Waals surface area contributed by atoms with Gasteiger partial charge in [0.25, 0.3) is 0 Å². The number of carbonyl (C=O) groups is 1. The van der Waals surface area contributed by atoms with Gasteiger partial charge in [0.1, 0.15) is 5.60 Å². The van der Waals surface area contributed by atoms with Crippen molar-refractivity contribution in [2.45, 2.75) is 77.1 Å². The molecule has 0 spiro atoms. The summed E-state index contributed by atoms with van der Waals surface area (Å²) in [5.74, 6) is 1.15. The molecule has 0 unspecified atom stereocenters. The lowest BCUT2D eigenvalue weighted by atomic mass is 9.92. The molecule has 1 aliphatic heterocycles. The molecule has 3 rings (SSSR count). The van der Waals surface area contributed by atoms with E-state index in [0.717, 1.165) is 44.3 Å². The number of aromatic nitrogens is 1. The first-order chi connectivity index (χ1) is 12.9. The van der Waals surface area contributed by atoms with Crippen molar-refractivity contribution in [3.8, 4) is 5.88 Å². The van der Waals surface area contributed by atoms with E-state index in [-0.39, 0.29) is 12.1 Å². The molecule has 2 aliphatic rings. The molecule has 1 saturated carbocycles. The van der Waals surface area contributed by atoms with Crippen LogP contribution in [0.3, 0.4) is 0 Å². The van der Waals surface area contributed by atoms with Crippen LogP contribution in [0.2, 0.25) is 0 Å². The van der Waals surface area contributed by atoms with Gasteiger partial charge in [-0.05, 0) is 58.4 Å². The summed E-state index contributed by atoms with van der Waals surface area (Å²) < 4.78 is 11.0. The van der Waals surface area contributed by atoms with Crippen molar-refractivity contribution in [3.05, 3.63) is 23.9 Å². The molecule has 2 fully saturated rings. The van der Waals surface area contributed by atoms with Gasteiger partial charge in [-0.3, -0.25) is 0 Å². The van der Waals surface area contributed by atoms with Crippen LogP contribution in [0.15, 0.2) is 18.3 Å². The maximum Gasteiger partial charge on any atom is 0.410 e. The van der Waals surface area contributed by atoms with E-state index in [9.17, 15) is 4.79 Å². The highest BCUT2D eigenvalue weighted by Crippen LogP contribution is 2.36. The van der Waals surface area contributed by atoms with E-state index in [0.29, 0.717) is 17.8 Å². The van der Waals surface area contributed by atoms with E-state index in [1.807, 2.05) is 37.8 Å². The highest BCUT2D eigenvalue weighted by atomic mass is 16.6. The fourth-order valence-corrected chi connectivity index (χ4v) is 4.47. The summed E-state index contributed by atoms with van der Waals surface area (Å²) in [6.45, 7) is 7.32. The summed E-state index contributed by atoms with van der Waals surface area (Å²) in [5.41, 5.74) is 0.620. The second-order valence-electron chi connectivity index (χ2n) is 8.64. The molecule has 1 amide bonds. The van der Waals surface area contributed by atoms with Crippen LogP contribution in [0.4, 0.5) is 4.79 Å². The van der Waals surface area contributed by atoms with Crippen molar-refractivity contribution in [3.63, 3.8) is 0 Å². The zero-order valence-corrected chi connectivity index (χ0v) is 17.0. The highest BCUT2D eigenvalue weighted by molar-refractivity contribution is 5.69. The van der Waals surface area contributed by atoms with Crippen molar-refractivity contribution in [1.82, 2.24) is 15.2 Å². The third-order valence-corrected chi connectivity index (χ3v) is 5.59. The Kier molecular flexibility index (Phi) is 6.25. The Labute approximate surface area is 162 Å². The monoisotopic (exact) mass is 375 g/mol. The number of ether oxygens (including phenoxy) is 2. The molecule has 0 bridgehead atoms. The topological polar surface area (TPSA) is 63.7 Å². The summed E-state index contributed by atoms with van der Waals surface area (Å²) in [6.07, 6.45) is 7.22. The molecule has 27 heavy (non-hydrogen) atoms. The number of nitrogens with one attached hydrogen (secondary N) is 1. The Bertz CT molecular complexity index is 644. The van der Waals surface area contributed by atoms with Crippen LogP contribution in [0.5, 0.6) is 5.88 Å². The van der Waals surface area contributed by atoms with Crippen molar-refractivity contribution >= 4 is 6.09 Å². The van der Waals surface area contributed by atoms with Crippen LogP contribution in [0.1, 0.15) is 58.4 Å². The van der Waals surface area contributed by atoms with E-state index >= 15 is 0 Å². The summed E-state index contributed by atoms with van der Waals surface area (Å²) in [4.78, 5) is 18.9. The standard InChI is InChI=1S/C21H33N3O3/c1-21(2,3)27-20(25)24-13-7-11-18(24)16-9-5-10-17(16)23-14-15-8-6-12-22-19(15)26-4/h6,8,12,16-18,23H,5,7,9-11,13-14H2,1-4H3/t16-,17-,18+/m1/s1. The average molecular weight is 376 g/mol. The lowest BCUT2D eigenvalue weighted by molar-refractivity contribution is 0.0166. The van der Waals surface area contributed by atoms with Gasteiger partial charge < -0.3 is 19.7 Å². The molecule has 1 aromatic rings. The minimum atomic E-state index is -0.450. The van der Waals surface area contributed by atoms with E-state index in [4.69, 9.17) is 9.47 Å². The van der Waals surface area contributed by atoms with Gasteiger partial charge in [0.2, 0.25) is 5.88 Å². The van der Waals surface area contributed by atoms with Gasteiger partial charge >= 0.3 is 6.09 Å². The summed E-state index contributed by atoms with van der Waals surface area (Å²) in [7, 11) is 1.65. The van der Waals surface area contributed by atoms with Crippen molar-refractivity contribution in [2.24, 2.45) is 5.92 Å². The Morgan fingerprint density at radius 3 is 2.85 bits per heavy atom. The van der Waals surface area contributed by atoms with Crippen LogP contribution < -0.4 is 10.1 Å². The van der Waals surface area contributed by atoms with E-state index in [1.165, 1.54) is 6.42 Å². The lowest BCUT2D eigenvalue weighted by Crippen LogP contribution is -2.47. The number of hydrogen-bond donors (Lipinski definition) is 1. The summed E-state index contributed by atoms with van der Waals surface area (Å²) >= 11 is 0. The van der Waals surface area contributed by atoms with E-state index in [1.54, 1.807) is 13.3 Å². The Hall–Kier alpha value is -1.82. The number of carbonyl (C=O) groups excluding carboxylic acids is 1. The van der Waals surface area contributed by atoms with Crippen LogP contribution in [0.25, 0.3) is 0 Å². The van der Waals surface area contributed by atoms with E-state index < -0.39 is 5.60 Å². The van der Waals surface area contributed by atoms with Crippen LogP contribution in [-0.2, 0) is 11.3 Å². The van der Waals surface area contributed by atoms with Crippen LogP contribution >= 0.6 is 0 Å². The number of pyridine rings is 1. The number of rotatable bonds is 5. The van der Waals surface area contributed by atoms with Gasteiger partial charge in [-0.1, -0.05) is 12.5 Å². The molecule has 6 nitrogen and oxygen atoms in total. The first kappa shape index (κ1) is 19.9. The fourth-order valence-electron chi connectivity index (χ4n) is 4.47. The number of hydrogen-bond acceptors (Lipinski definition) is 5. The van der Waals surface area contributed by atoms with Crippen LogP contribution in [0, 0.1) is 5.92 Å². The number of methoxy groups -OCH3 is 1. The van der Waals surface area contributed by atoms with Crippen molar-refractivity contribution in [2.75, 3.05) is 13.7 Å². The van der Waals surface area contributed by atoms with Gasteiger partial charge in [0.05, 0.1) is 7.11 Å². The largest absolute Gasteiger partial charge is 0.481 e. The Morgan fingerprint density at radius 1 is 1.30 bits per heavy atom. The third kappa shape index (κ3) is 4.92. The second-order valence-corrected chi connectivity index (χ2v) is 8.64. The van der Waals surface area contributed by atoms with Crippen molar-refractivity contribution < 1.29 is 14.3 Å². The maximum atomic E-state index is 12.7. The molecule has 1 N–H and O–H groups in total. The maximum absolute atomic E-state index is 12.7. The molecular weight excluding hydrogens is 342 g/mol. The molecule has 1 aliphatic carbocycles. The Morgan fingerprint density at radius 2 is 2.11 bits per heavy atom. The fraction of sp³-hybridized carbons (Fsp3) is 0.714. The summed E-state index contributed by atoms with van der Waals surface area (Å²) in [5, 5.41) is 3.71. The highest BCUT2D eigenvalue weighted by Gasteiger charge is 2.41. The minimum absolute atomic E-state index is 0.162. The molecular formula is C21H33N3O3. The van der Waals surface area contributed by atoms with Crippen molar-refractivity contribution in [1.29, 1.82) is 0 Å². The van der Waals surface area contributed by atoms with Gasteiger partial charge in [0, 0.05) is 36.9 Å². The average Bonchev–Trinajstić information content (AvgIpc) is 3.27. The number of likely N-dealkylation sites (tertiary alicyclic amines) is 1. The number of nitrogens with zero attached hydrogens (tertiary/aromatic N) is 2. The zero-order valence-electron chi connectivity index (χ0n) is 17.0. The molecule has 1 saturated heterocycles. The first-order valence-corrected chi connectivity index (χ1v) is 10.1. The molecule has 3 atom stereocenters. The van der Waals surface area contributed by atoms with Gasteiger partial charge in [-0.2, -0.15) is 0 Å². The second kappa shape index (κ2) is 8.46.